The van der Waals surface area contributed by atoms with Gasteiger partial charge in [0.05, 0.1) is 4.90 Å². The van der Waals surface area contributed by atoms with Crippen molar-refractivity contribution in [1.82, 2.24) is 4.31 Å². The minimum Gasteiger partial charge on any atom is -0.225 e. The first kappa shape index (κ1) is 21.3. The smallest absolute Gasteiger partial charge is 0.225 e. The van der Waals surface area contributed by atoms with Crippen LogP contribution in [-0.4, -0.2) is 27.3 Å². The standard InChI is InChI=1S/C20H29NO2SSi/c1-17(2)16-19(4)12-13-21(14-15-25(5,6)7)24(22,23)20-10-8-18(3)9-11-20/h8-11H,12-13H2,1-7H3. The molecule has 1 rings (SSSR count). The molecule has 0 heterocycles. The Labute approximate surface area is 154 Å². The molecular formula is C20H29NO2SSi. The summed E-state index contributed by atoms with van der Waals surface area (Å²) in [4.78, 5) is 0.284. The molecule has 3 nitrogen and oxygen atoms in total. The molecule has 0 saturated heterocycles. The highest BCUT2D eigenvalue weighted by atomic mass is 32.2. The van der Waals surface area contributed by atoms with Crippen LogP contribution < -0.4 is 0 Å². The summed E-state index contributed by atoms with van der Waals surface area (Å²) in [6.45, 7) is 14.5. The maximum atomic E-state index is 13.0. The van der Waals surface area contributed by atoms with Crippen molar-refractivity contribution in [2.75, 3.05) is 6.54 Å². The van der Waals surface area contributed by atoms with Gasteiger partial charge in [-0.3, -0.25) is 0 Å². The Morgan fingerprint density at radius 1 is 1.08 bits per heavy atom. The largest absolute Gasteiger partial charge is 0.270 e. The van der Waals surface area contributed by atoms with Gasteiger partial charge in [-0.05, 0) is 57.4 Å². The third-order valence-corrected chi connectivity index (χ3v) is 5.90. The number of hydrogen-bond donors (Lipinski definition) is 0. The van der Waals surface area contributed by atoms with Crippen LogP contribution in [-0.2, 0) is 10.0 Å². The zero-order chi connectivity index (χ0) is 19.3. The molecule has 0 unspecified atom stereocenters. The predicted octanol–water partition coefficient (Wildman–Crippen LogP) is 4.73. The zero-order valence-corrected chi connectivity index (χ0v) is 18.2. The van der Waals surface area contributed by atoms with E-state index in [1.165, 1.54) is 4.31 Å². The van der Waals surface area contributed by atoms with Gasteiger partial charge in [0, 0.05) is 12.6 Å². The van der Waals surface area contributed by atoms with E-state index >= 15 is 0 Å². The van der Waals surface area contributed by atoms with E-state index in [4.69, 9.17) is 0 Å². The SMILES string of the molecule is CC(C)=C=C(C)CCN(C#C[Si](C)(C)C)S(=O)(=O)c1ccc(C)cc1. The summed E-state index contributed by atoms with van der Waals surface area (Å²) < 4.78 is 27.3. The van der Waals surface area contributed by atoms with Crippen molar-refractivity contribution >= 4 is 18.1 Å². The van der Waals surface area contributed by atoms with Crippen LogP contribution in [0.5, 0.6) is 0 Å². The highest BCUT2D eigenvalue weighted by Gasteiger charge is 2.22. The van der Waals surface area contributed by atoms with Crippen molar-refractivity contribution in [2.45, 2.75) is 58.7 Å². The van der Waals surface area contributed by atoms with Gasteiger partial charge in [0.25, 0.3) is 10.0 Å². The second-order valence-electron chi connectivity index (χ2n) is 7.53. The predicted molar refractivity (Wildman–Crippen MR) is 108 cm³/mol. The second kappa shape index (κ2) is 8.58. The van der Waals surface area contributed by atoms with E-state index in [9.17, 15) is 8.42 Å². The minimum absolute atomic E-state index is 0.284. The highest BCUT2D eigenvalue weighted by Crippen LogP contribution is 2.17. The van der Waals surface area contributed by atoms with Gasteiger partial charge in [-0.2, -0.15) is 0 Å². The Morgan fingerprint density at radius 3 is 2.12 bits per heavy atom. The fourth-order valence-electron chi connectivity index (χ4n) is 2.06. The van der Waals surface area contributed by atoms with Gasteiger partial charge < -0.3 is 0 Å². The Bertz CT molecular complexity index is 824. The fraction of sp³-hybridized carbons (Fsp3) is 0.450. The van der Waals surface area contributed by atoms with Crippen molar-refractivity contribution in [2.24, 2.45) is 0 Å². The quantitative estimate of drug-likeness (QED) is 0.323. The van der Waals surface area contributed by atoms with Crippen LogP contribution in [0.15, 0.2) is 46.0 Å². The Hall–Kier alpha value is -1.73. The molecule has 5 heteroatoms. The van der Waals surface area contributed by atoms with E-state index in [0.29, 0.717) is 13.0 Å². The summed E-state index contributed by atoms with van der Waals surface area (Å²) in [6, 6.07) is 9.84. The van der Waals surface area contributed by atoms with Crippen LogP contribution >= 0.6 is 0 Å². The molecule has 0 aliphatic heterocycles. The van der Waals surface area contributed by atoms with E-state index in [1.54, 1.807) is 12.1 Å². The van der Waals surface area contributed by atoms with Crippen molar-refractivity contribution in [3.63, 3.8) is 0 Å². The van der Waals surface area contributed by atoms with Gasteiger partial charge in [-0.25, -0.2) is 12.7 Å². The first-order chi connectivity index (χ1) is 11.4. The maximum Gasteiger partial charge on any atom is 0.270 e. The normalized spacial score (nSPS) is 11.2. The molecule has 0 bridgehead atoms. The van der Waals surface area contributed by atoms with Gasteiger partial charge in [-0.15, -0.1) is 11.3 Å². The van der Waals surface area contributed by atoms with Crippen LogP contribution in [0, 0.1) is 18.5 Å². The summed E-state index contributed by atoms with van der Waals surface area (Å²) >= 11 is 0. The molecule has 0 amide bonds. The van der Waals surface area contributed by atoms with Crippen molar-refractivity contribution in [3.05, 3.63) is 46.7 Å². The van der Waals surface area contributed by atoms with Gasteiger partial charge in [0.1, 0.15) is 8.07 Å². The zero-order valence-electron chi connectivity index (χ0n) is 16.4. The molecule has 0 spiro atoms. The van der Waals surface area contributed by atoms with Crippen molar-refractivity contribution < 1.29 is 8.42 Å². The molecule has 1 aromatic rings. The summed E-state index contributed by atoms with van der Waals surface area (Å²) in [7, 11) is -5.32. The molecule has 0 fully saturated rings. The van der Waals surface area contributed by atoms with Crippen molar-refractivity contribution in [3.8, 4) is 11.6 Å². The lowest BCUT2D eigenvalue weighted by Gasteiger charge is -2.19. The summed E-state index contributed by atoms with van der Waals surface area (Å²) in [6.07, 6.45) is 0.608. The molecule has 0 N–H and O–H groups in total. The highest BCUT2D eigenvalue weighted by molar-refractivity contribution is 7.89. The van der Waals surface area contributed by atoms with E-state index in [1.807, 2.05) is 39.8 Å². The number of aryl methyl sites for hydroxylation is 1. The first-order valence-corrected chi connectivity index (χ1v) is 13.4. The average Bonchev–Trinajstić information content (AvgIpc) is 2.45. The van der Waals surface area contributed by atoms with Crippen LogP contribution in [0.25, 0.3) is 0 Å². The van der Waals surface area contributed by atoms with Gasteiger partial charge in [0.15, 0.2) is 0 Å². The summed E-state index contributed by atoms with van der Waals surface area (Å²) in [5.74, 6) is 0. The van der Waals surface area contributed by atoms with Gasteiger partial charge in [0.2, 0.25) is 0 Å². The van der Waals surface area contributed by atoms with Gasteiger partial charge >= 0.3 is 0 Å². The van der Waals surface area contributed by atoms with Crippen LogP contribution in [0.3, 0.4) is 0 Å². The second-order valence-corrected chi connectivity index (χ2v) is 14.1. The minimum atomic E-state index is -3.63. The van der Waals surface area contributed by atoms with Crippen LogP contribution in [0.4, 0.5) is 0 Å². The lowest BCUT2D eigenvalue weighted by molar-refractivity contribution is 0.512. The third-order valence-electron chi connectivity index (χ3n) is 3.32. The molecular weight excluding hydrogens is 346 g/mol. The molecule has 0 atom stereocenters. The molecule has 1 aromatic carbocycles. The number of rotatable bonds is 5. The molecule has 0 radical (unpaired) electrons. The first-order valence-electron chi connectivity index (χ1n) is 8.43. The van der Waals surface area contributed by atoms with Crippen molar-refractivity contribution in [1.29, 1.82) is 0 Å². The third kappa shape index (κ3) is 7.35. The van der Waals surface area contributed by atoms with Gasteiger partial charge in [-0.1, -0.05) is 37.3 Å². The maximum absolute atomic E-state index is 13.0. The van der Waals surface area contributed by atoms with E-state index in [0.717, 1.165) is 16.7 Å². The molecule has 136 valence electrons. The molecule has 0 aromatic heterocycles. The van der Waals surface area contributed by atoms with Crippen LogP contribution in [0.2, 0.25) is 19.6 Å². The van der Waals surface area contributed by atoms with E-state index in [-0.39, 0.29) is 4.90 Å². The van der Waals surface area contributed by atoms with E-state index < -0.39 is 18.1 Å². The number of nitrogens with zero attached hydrogens (tertiary/aromatic N) is 1. The van der Waals surface area contributed by atoms with Crippen LogP contribution in [0.1, 0.15) is 32.8 Å². The molecule has 25 heavy (non-hydrogen) atoms. The Balaban J connectivity index is 3.23. The van der Waals surface area contributed by atoms with E-state index in [2.05, 4.69) is 37.0 Å². The number of hydrogen-bond acceptors (Lipinski definition) is 2. The lowest BCUT2D eigenvalue weighted by Crippen LogP contribution is -2.29. The lowest BCUT2D eigenvalue weighted by atomic mass is 10.2. The molecule has 0 aliphatic rings. The summed E-state index contributed by atoms with van der Waals surface area (Å²) in [5.41, 5.74) is 9.55. The topological polar surface area (TPSA) is 37.4 Å². The Kier molecular flexibility index (Phi) is 7.31. The number of sulfonamides is 1. The summed E-state index contributed by atoms with van der Waals surface area (Å²) in [5, 5.41) is 0. The molecule has 0 saturated carbocycles. The average molecular weight is 376 g/mol. The Morgan fingerprint density at radius 2 is 1.64 bits per heavy atom. The monoisotopic (exact) mass is 375 g/mol. The fourth-order valence-corrected chi connectivity index (χ4v) is 3.85. The molecule has 0 aliphatic carbocycles. The number of benzene rings is 1.